The highest BCUT2D eigenvalue weighted by molar-refractivity contribution is 5.87. The van der Waals surface area contributed by atoms with Crippen LogP contribution in [0.5, 0.6) is 0 Å². The molecule has 106 valence electrons. The molecule has 0 amide bonds. The third-order valence-electron chi connectivity index (χ3n) is 2.86. The number of nitrogens with zero attached hydrogens (tertiary/aromatic N) is 3. The molecule has 2 N–H and O–H groups in total. The number of carboxylic acids is 1. The van der Waals surface area contributed by atoms with Gasteiger partial charge in [-0.05, 0) is 24.3 Å². The van der Waals surface area contributed by atoms with Gasteiger partial charge in [-0.25, -0.2) is 14.5 Å². The van der Waals surface area contributed by atoms with E-state index < -0.39 is 5.97 Å². The molecule has 0 unspecified atom stereocenters. The molecule has 0 bridgehead atoms. The van der Waals surface area contributed by atoms with Gasteiger partial charge in [-0.1, -0.05) is 0 Å². The SMILES string of the molecule is O=C(O)c1coc(CNc2cccnc2-n2cccn2)c1. The second-order valence-electron chi connectivity index (χ2n) is 4.29. The van der Waals surface area contributed by atoms with Crippen molar-refractivity contribution in [1.82, 2.24) is 14.8 Å². The Balaban J connectivity index is 1.77. The summed E-state index contributed by atoms with van der Waals surface area (Å²) >= 11 is 0. The topological polar surface area (TPSA) is 93.2 Å². The Morgan fingerprint density at radius 1 is 1.38 bits per heavy atom. The van der Waals surface area contributed by atoms with E-state index in [0.29, 0.717) is 18.1 Å². The zero-order chi connectivity index (χ0) is 14.7. The van der Waals surface area contributed by atoms with Crippen LogP contribution in [-0.2, 0) is 6.54 Å². The van der Waals surface area contributed by atoms with Gasteiger partial charge in [0, 0.05) is 18.6 Å². The number of furan rings is 1. The molecule has 0 saturated carbocycles. The van der Waals surface area contributed by atoms with E-state index in [9.17, 15) is 4.79 Å². The monoisotopic (exact) mass is 284 g/mol. The molecule has 21 heavy (non-hydrogen) atoms. The van der Waals surface area contributed by atoms with E-state index in [0.717, 1.165) is 5.69 Å². The number of nitrogens with one attached hydrogen (secondary N) is 1. The summed E-state index contributed by atoms with van der Waals surface area (Å²) in [6.45, 7) is 0.354. The third-order valence-corrected chi connectivity index (χ3v) is 2.86. The number of carbonyl (C=O) groups is 1. The second-order valence-corrected chi connectivity index (χ2v) is 4.29. The summed E-state index contributed by atoms with van der Waals surface area (Å²) < 4.78 is 6.84. The van der Waals surface area contributed by atoms with E-state index in [1.54, 1.807) is 29.3 Å². The summed E-state index contributed by atoms with van der Waals surface area (Å²) in [4.78, 5) is 15.1. The minimum atomic E-state index is -1.01. The highest BCUT2D eigenvalue weighted by Crippen LogP contribution is 2.18. The molecule has 0 spiro atoms. The van der Waals surface area contributed by atoms with Crippen LogP contribution in [0, 0.1) is 0 Å². The molecule has 3 rings (SSSR count). The molecule has 7 heteroatoms. The smallest absolute Gasteiger partial charge is 0.338 e. The average Bonchev–Trinajstić information content (AvgIpc) is 3.17. The summed E-state index contributed by atoms with van der Waals surface area (Å²) in [6, 6.07) is 6.97. The summed E-state index contributed by atoms with van der Waals surface area (Å²) in [5.74, 6) is 0.179. The number of hydrogen-bond acceptors (Lipinski definition) is 5. The van der Waals surface area contributed by atoms with Crippen LogP contribution in [0.1, 0.15) is 16.1 Å². The molecular weight excluding hydrogens is 272 g/mol. The van der Waals surface area contributed by atoms with Crippen molar-refractivity contribution in [2.75, 3.05) is 5.32 Å². The number of aromatic nitrogens is 3. The minimum absolute atomic E-state index is 0.130. The Morgan fingerprint density at radius 2 is 2.29 bits per heavy atom. The maximum Gasteiger partial charge on any atom is 0.338 e. The van der Waals surface area contributed by atoms with E-state index in [2.05, 4.69) is 15.4 Å². The van der Waals surface area contributed by atoms with E-state index in [1.165, 1.54) is 12.3 Å². The number of rotatable bonds is 5. The summed E-state index contributed by atoms with van der Waals surface area (Å²) in [6.07, 6.45) is 6.36. The third kappa shape index (κ3) is 2.76. The summed E-state index contributed by atoms with van der Waals surface area (Å²) in [7, 11) is 0. The van der Waals surface area contributed by atoms with Crippen molar-refractivity contribution < 1.29 is 14.3 Å². The molecule has 7 nitrogen and oxygen atoms in total. The predicted molar refractivity (Wildman–Crippen MR) is 74.4 cm³/mol. The van der Waals surface area contributed by atoms with Crippen LogP contribution < -0.4 is 5.32 Å². The van der Waals surface area contributed by atoms with Crippen LogP contribution in [0.4, 0.5) is 5.69 Å². The Morgan fingerprint density at radius 3 is 3.00 bits per heavy atom. The fraction of sp³-hybridized carbons (Fsp3) is 0.0714. The lowest BCUT2D eigenvalue weighted by Crippen LogP contribution is -2.06. The zero-order valence-electron chi connectivity index (χ0n) is 10.9. The fourth-order valence-corrected chi connectivity index (χ4v) is 1.88. The van der Waals surface area contributed by atoms with Gasteiger partial charge in [-0.2, -0.15) is 5.10 Å². The van der Waals surface area contributed by atoms with Gasteiger partial charge in [0.2, 0.25) is 0 Å². The molecule has 3 heterocycles. The van der Waals surface area contributed by atoms with Gasteiger partial charge in [-0.3, -0.25) is 0 Å². The average molecular weight is 284 g/mol. The maximum atomic E-state index is 10.8. The highest BCUT2D eigenvalue weighted by atomic mass is 16.4. The standard InChI is InChI=1S/C14H12N4O3/c19-14(20)10-7-11(21-9-10)8-16-12-3-1-4-15-13(12)18-6-2-5-17-18/h1-7,9,16H,8H2,(H,19,20). The van der Waals surface area contributed by atoms with Crippen LogP contribution >= 0.6 is 0 Å². The molecular formula is C14H12N4O3. The van der Waals surface area contributed by atoms with Crippen molar-refractivity contribution in [3.05, 3.63) is 60.4 Å². The molecule has 0 aliphatic heterocycles. The summed E-state index contributed by atoms with van der Waals surface area (Å²) in [5, 5.41) is 16.2. The first-order valence-corrected chi connectivity index (χ1v) is 6.23. The molecule has 0 fully saturated rings. The van der Waals surface area contributed by atoms with Crippen LogP contribution in [0.3, 0.4) is 0 Å². The lowest BCUT2D eigenvalue weighted by molar-refractivity contribution is 0.0696. The van der Waals surface area contributed by atoms with Crippen LogP contribution in [0.25, 0.3) is 5.82 Å². The van der Waals surface area contributed by atoms with Crippen molar-refractivity contribution in [3.63, 3.8) is 0 Å². The Labute approximate surface area is 119 Å². The van der Waals surface area contributed by atoms with E-state index in [4.69, 9.17) is 9.52 Å². The van der Waals surface area contributed by atoms with Crippen LogP contribution in [0.15, 0.2) is 53.5 Å². The van der Waals surface area contributed by atoms with Crippen molar-refractivity contribution in [2.45, 2.75) is 6.54 Å². The number of anilines is 1. The van der Waals surface area contributed by atoms with Crippen molar-refractivity contribution in [1.29, 1.82) is 0 Å². The lowest BCUT2D eigenvalue weighted by Gasteiger charge is -2.09. The Kier molecular flexibility index (Phi) is 3.38. The maximum absolute atomic E-state index is 10.8. The minimum Gasteiger partial charge on any atom is -0.478 e. The highest BCUT2D eigenvalue weighted by Gasteiger charge is 2.10. The first kappa shape index (κ1) is 12.9. The Hall–Kier alpha value is -3.09. The summed E-state index contributed by atoms with van der Waals surface area (Å²) in [5.41, 5.74) is 0.903. The first-order chi connectivity index (χ1) is 10.2. The molecule has 0 atom stereocenters. The molecule has 0 aliphatic carbocycles. The number of aromatic carboxylic acids is 1. The van der Waals surface area contributed by atoms with Crippen molar-refractivity contribution in [2.24, 2.45) is 0 Å². The number of pyridine rings is 1. The quantitative estimate of drug-likeness (QED) is 0.745. The van der Waals surface area contributed by atoms with Gasteiger partial charge in [0.25, 0.3) is 0 Å². The van der Waals surface area contributed by atoms with Gasteiger partial charge in [0.1, 0.15) is 12.0 Å². The molecule has 0 radical (unpaired) electrons. The van der Waals surface area contributed by atoms with E-state index in [-0.39, 0.29) is 5.56 Å². The van der Waals surface area contributed by atoms with Crippen LogP contribution in [-0.4, -0.2) is 25.8 Å². The number of hydrogen-bond donors (Lipinski definition) is 2. The predicted octanol–water partition coefficient (Wildman–Crippen LogP) is 2.17. The van der Waals surface area contributed by atoms with Crippen molar-refractivity contribution in [3.8, 4) is 5.82 Å². The van der Waals surface area contributed by atoms with E-state index >= 15 is 0 Å². The fourth-order valence-electron chi connectivity index (χ4n) is 1.88. The zero-order valence-corrected chi connectivity index (χ0v) is 10.9. The Bertz CT molecular complexity index is 749. The van der Waals surface area contributed by atoms with Gasteiger partial charge < -0.3 is 14.8 Å². The van der Waals surface area contributed by atoms with Gasteiger partial charge >= 0.3 is 5.97 Å². The van der Waals surface area contributed by atoms with E-state index in [1.807, 2.05) is 12.1 Å². The largest absolute Gasteiger partial charge is 0.478 e. The van der Waals surface area contributed by atoms with Gasteiger partial charge in [-0.15, -0.1) is 0 Å². The molecule has 0 aromatic carbocycles. The normalized spacial score (nSPS) is 10.5. The number of carboxylic acid groups (broad SMARTS) is 1. The van der Waals surface area contributed by atoms with Crippen molar-refractivity contribution >= 4 is 11.7 Å². The molecule has 3 aromatic heterocycles. The van der Waals surface area contributed by atoms with Gasteiger partial charge in [0.15, 0.2) is 5.82 Å². The van der Waals surface area contributed by atoms with Gasteiger partial charge in [0.05, 0.1) is 17.8 Å². The molecule has 3 aromatic rings. The second kappa shape index (κ2) is 5.49. The first-order valence-electron chi connectivity index (χ1n) is 6.23. The lowest BCUT2D eigenvalue weighted by atomic mass is 10.3. The van der Waals surface area contributed by atoms with Crippen LogP contribution in [0.2, 0.25) is 0 Å². The molecule has 0 aliphatic rings. The molecule has 0 saturated heterocycles.